The number of rotatable bonds is 9. The summed E-state index contributed by atoms with van der Waals surface area (Å²) in [4.78, 5) is 28.8. The lowest BCUT2D eigenvalue weighted by atomic mass is 10.1. The van der Waals surface area contributed by atoms with Crippen LogP contribution < -0.4 is 24.4 Å². The van der Waals surface area contributed by atoms with E-state index in [4.69, 9.17) is 14.2 Å². The molecule has 1 fully saturated rings. The number of carbonyl (C=O) groups excluding carboxylic acids is 2. The number of anilines is 2. The van der Waals surface area contributed by atoms with Crippen LogP contribution in [0.4, 0.5) is 11.4 Å². The molecule has 4 rings (SSSR count). The number of piperazine rings is 1. The van der Waals surface area contributed by atoms with E-state index < -0.39 is 5.97 Å². The summed E-state index contributed by atoms with van der Waals surface area (Å²) in [6.45, 7) is 5.56. The number of hydrogen-bond acceptors (Lipinski definition) is 7. The number of benzene rings is 3. The van der Waals surface area contributed by atoms with Crippen molar-refractivity contribution in [2.75, 3.05) is 50.6 Å². The van der Waals surface area contributed by atoms with Gasteiger partial charge in [-0.2, -0.15) is 0 Å². The molecule has 0 atom stereocenters. The highest BCUT2D eigenvalue weighted by Gasteiger charge is 2.18. The molecule has 0 spiro atoms. The van der Waals surface area contributed by atoms with Crippen molar-refractivity contribution < 1.29 is 23.8 Å². The van der Waals surface area contributed by atoms with Crippen LogP contribution in [0.15, 0.2) is 72.8 Å². The van der Waals surface area contributed by atoms with E-state index in [1.165, 1.54) is 20.1 Å². The average Bonchev–Trinajstić information content (AvgIpc) is 2.92. The SMILES string of the molecule is COc1ccc(/C=C/C(=O)Nc2ccccc2COc2ccccc2N2CCN(C)CC2)cc1OC(C)=O. The van der Waals surface area contributed by atoms with E-state index in [2.05, 4.69) is 28.2 Å². The Morgan fingerprint density at radius 2 is 1.66 bits per heavy atom. The number of carbonyl (C=O) groups is 2. The molecular weight excluding hydrogens is 482 g/mol. The van der Waals surface area contributed by atoms with E-state index in [1.807, 2.05) is 42.5 Å². The lowest BCUT2D eigenvalue weighted by molar-refractivity contribution is -0.132. The Bertz CT molecular complexity index is 1300. The van der Waals surface area contributed by atoms with Crippen LogP contribution in [0.25, 0.3) is 6.08 Å². The van der Waals surface area contributed by atoms with Crippen molar-refractivity contribution in [1.29, 1.82) is 0 Å². The van der Waals surface area contributed by atoms with Gasteiger partial charge in [0.25, 0.3) is 0 Å². The molecule has 0 aliphatic carbocycles. The standard InChI is InChI=1S/C30H33N3O5/c1-22(34)38-29-20-23(12-14-28(29)36-3)13-15-30(35)31-25-9-5-4-8-24(25)21-37-27-11-7-6-10-26(27)33-18-16-32(2)17-19-33/h4-15,20H,16-19,21H2,1-3H3,(H,31,35)/b15-13+. The minimum atomic E-state index is -0.452. The molecule has 1 amide bonds. The lowest BCUT2D eigenvalue weighted by Crippen LogP contribution is -2.44. The van der Waals surface area contributed by atoms with Gasteiger partial charge in [0.1, 0.15) is 12.4 Å². The molecule has 0 bridgehead atoms. The summed E-state index contributed by atoms with van der Waals surface area (Å²) in [6.07, 6.45) is 3.08. The van der Waals surface area contributed by atoms with Gasteiger partial charge in [0.05, 0.1) is 12.8 Å². The van der Waals surface area contributed by atoms with Crippen LogP contribution in [0.1, 0.15) is 18.1 Å². The van der Waals surface area contributed by atoms with Gasteiger partial charge >= 0.3 is 5.97 Å². The van der Waals surface area contributed by atoms with Crippen LogP contribution >= 0.6 is 0 Å². The lowest BCUT2D eigenvalue weighted by Gasteiger charge is -2.34. The van der Waals surface area contributed by atoms with Crippen LogP contribution in [-0.4, -0.2) is 57.1 Å². The zero-order valence-electron chi connectivity index (χ0n) is 22.0. The molecule has 8 heteroatoms. The van der Waals surface area contributed by atoms with Crippen molar-refractivity contribution >= 4 is 29.3 Å². The first-order valence-electron chi connectivity index (χ1n) is 12.5. The Hall–Kier alpha value is -4.30. The van der Waals surface area contributed by atoms with Gasteiger partial charge in [-0.1, -0.05) is 36.4 Å². The highest BCUT2D eigenvalue weighted by atomic mass is 16.6. The van der Waals surface area contributed by atoms with Gasteiger partial charge in [0.15, 0.2) is 11.5 Å². The zero-order valence-corrected chi connectivity index (χ0v) is 22.0. The third-order valence-electron chi connectivity index (χ3n) is 6.24. The number of amides is 1. The molecule has 1 heterocycles. The molecule has 8 nitrogen and oxygen atoms in total. The average molecular weight is 516 g/mol. The Kier molecular flexibility index (Phi) is 9.00. The summed E-state index contributed by atoms with van der Waals surface area (Å²) in [6, 6.07) is 20.7. The maximum absolute atomic E-state index is 12.7. The van der Waals surface area contributed by atoms with Gasteiger partial charge in [-0.3, -0.25) is 9.59 Å². The van der Waals surface area contributed by atoms with Crippen LogP contribution in [0.5, 0.6) is 17.2 Å². The topological polar surface area (TPSA) is 80.3 Å². The third-order valence-corrected chi connectivity index (χ3v) is 6.24. The maximum atomic E-state index is 12.7. The number of likely N-dealkylation sites (N-methyl/N-ethyl adjacent to an activating group) is 1. The molecule has 0 saturated carbocycles. The molecule has 0 radical (unpaired) electrons. The number of esters is 1. The molecule has 1 aliphatic heterocycles. The summed E-state index contributed by atoms with van der Waals surface area (Å²) in [5.41, 5.74) is 3.31. The maximum Gasteiger partial charge on any atom is 0.308 e. The predicted molar refractivity (Wildman–Crippen MR) is 149 cm³/mol. The number of methoxy groups -OCH3 is 1. The number of ether oxygens (including phenoxy) is 3. The molecule has 38 heavy (non-hydrogen) atoms. The minimum Gasteiger partial charge on any atom is -0.493 e. The van der Waals surface area contributed by atoms with Crippen molar-refractivity contribution in [3.8, 4) is 17.2 Å². The van der Waals surface area contributed by atoms with Gasteiger partial charge in [-0.15, -0.1) is 0 Å². The number of nitrogens with zero attached hydrogens (tertiary/aromatic N) is 2. The van der Waals surface area contributed by atoms with E-state index in [0.717, 1.165) is 43.2 Å². The normalized spacial score (nSPS) is 13.8. The fourth-order valence-corrected chi connectivity index (χ4v) is 4.19. The van der Waals surface area contributed by atoms with Crippen molar-refractivity contribution in [2.24, 2.45) is 0 Å². The highest BCUT2D eigenvalue weighted by molar-refractivity contribution is 6.02. The Morgan fingerprint density at radius 1 is 0.921 bits per heavy atom. The molecule has 1 N–H and O–H groups in total. The molecule has 3 aromatic rings. The first kappa shape index (κ1) is 26.8. The van der Waals surface area contributed by atoms with E-state index in [1.54, 1.807) is 24.3 Å². The summed E-state index contributed by atoms with van der Waals surface area (Å²) >= 11 is 0. The van der Waals surface area contributed by atoms with E-state index in [-0.39, 0.29) is 5.91 Å². The number of hydrogen-bond donors (Lipinski definition) is 1. The molecule has 0 unspecified atom stereocenters. The van der Waals surface area contributed by atoms with Gasteiger partial charge in [0.2, 0.25) is 5.91 Å². The van der Waals surface area contributed by atoms with Crippen LogP contribution in [0.3, 0.4) is 0 Å². The number of para-hydroxylation sites is 3. The van der Waals surface area contributed by atoms with Crippen LogP contribution in [-0.2, 0) is 16.2 Å². The fourth-order valence-electron chi connectivity index (χ4n) is 4.19. The molecule has 198 valence electrons. The van der Waals surface area contributed by atoms with E-state index in [0.29, 0.717) is 29.4 Å². The van der Waals surface area contributed by atoms with Crippen LogP contribution in [0.2, 0.25) is 0 Å². The van der Waals surface area contributed by atoms with Gasteiger partial charge in [-0.25, -0.2) is 0 Å². The molecule has 0 aromatic heterocycles. The van der Waals surface area contributed by atoms with Gasteiger partial charge in [0, 0.05) is 50.4 Å². The summed E-state index contributed by atoms with van der Waals surface area (Å²) in [7, 11) is 3.63. The third kappa shape index (κ3) is 7.14. The molecule has 1 aliphatic rings. The van der Waals surface area contributed by atoms with Crippen molar-refractivity contribution in [2.45, 2.75) is 13.5 Å². The number of nitrogens with one attached hydrogen (secondary N) is 1. The first-order chi connectivity index (χ1) is 18.4. The van der Waals surface area contributed by atoms with Gasteiger partial charge < -0.3 is 29.3 Å². The largest absolute Gasteiger partial charge is 0.493 e. The second-order valence-electron chi connectivity index (χ2n) is 9.03. The fraction of sp³-hybridized carbons (Fsp3) is 0.267. The van der Waals surface area contributed by atoms with E-state index in [9.17, 15) is 9.59 Å². The summed E-state index contributed by atoms with van der Waals surface area (Å²) < 4.78 is 16.7. The monoisotopic (exact) mass is 515 g/mol. The van der Waals surface area contributed by atoms with Crippen molar-refractivity contribution in [3.63, 3.8) is 0 Å². The minimum absolute atomic E-state index is 0.292. The Balaban J connectivity index is 1.42. The zero-order chi connectivity index (χ0) is 26.9. The summed E-state index contributed by atoms with van der Waals surface area (Å²) in [5, 5.41) is 2.94. The quantitative estimate of drug-likeness (QED) is 0.253. The second-order valence-corrected chi connectivity index (χ2v) is 9.03. The summed E-state index contributed by atoms with van der Waals surface area (Å²) in [5.74, 6) is 0.806. The molecule has 3 aromatic carbocycles. The van der Waals surface area contributed by atoms with Crippen molar-refractivity contribution in [3.05, 3.63) is 83.9 Å². The predicted octanol–water partition coefficient (Wildman–Crippen LogP) is 4.60. The highest BCUT2D eigenvalue weighted by Crippen LogP contribution is 2.31. The smallest absolute Gasteiger partial charge is 0.308 e. The van der Waals surface area contributed by atoms with Crippen LogP contribution in [0, 0.1) is 0 Å². The Labute approximate surface area is 223 Å². The molecular formula is C30H33N3O5. The second kappa shape index (κ2) is 12.8. The first-order valence-corrected chi connectivity index (χ1v) is 12.5. The van der Waals surface area contributed by atoms with E-state index >= 15 is 0 Å². The van der Waals surface area contributed by atoms with Gasteiger partial charge in [-0.05, 0) is 49.0 Å². The van der Waals surface area contributed by atoms with Crippen molar-refractivity contribution in [1.82, 2.24) is 4.90 Å². The molecule has 1 saturated heterocycles. The Morgan fingerprint density at radius 3 is 2.42 bits per heavy atom.